The minimum atomic E-state index is -3.38. The molecular weight excluding hydrogens is 252 g/mol. The summed E-state index contributed by atoms with van der Waals surface area (Å²) in [6, 6.07) is 6.61. The van der Waals surface area contributed by atoms with Gasteiger partial charge in [-0.15, -0.1) is 0 Å². The Bertz CT molecular complexity index is 526. The number of nitrogens with one attached hydrogen (secondary N) is 1. The normalized spacial score (nSPS) is 13.0. The summed E-state index contributed by atoms with van der Waals surface area (Å²) >= 11 is 0. The molecule has 0 aliphatic carbocycles. The number of hydrogen-bond acceptors (Lipinski definition) is 4. The predicted molar refractivity (Wildman–Crippen MR) is 73.0 cm³/mol. The molecule has 0 spiro atoms. The van der Waals surface area contributed by atoms with E-state index in [9.17, 15) is 13.2 Å². The van der Waals surface area contributed by atoms with Gasteiger partial charge < -0.3 is 11.1 Å². The van der Waals surface area contributed by atoms with Crippen LogP contribution in [-0.2, 0) is 14.6 Å². The summed E-state index contributed by atoms with van der Waals surface area (Å²) < 4.78 is 23.5. The van der Waals surface area contributed by atoms with Gasteiger partial charge in [0.2, 0.25) is 5.91 Å². The first-order valence-electron chi connectivity index (χ1n) is 5.72. The minimum Gasteiger partial charge on any atom is -0.399 e. The molecule has 0 bridgehead atoms. The average Bonchev–Trinajstić information content (AvgIpc) is 2.26. The highest BCUT2D eigenvalue weighted by Crippen LogP contribution is 2.12. The van der Waals surface area contributed by atoms with Crippen LogP contribution in [0.15, 0.2) is 24.3 Å². The van der Waals surface area contributed by atoms with Gasteiger partial charge in [0.15, 0.2) is 9.84 Å². The third-order valence-electron chi connectivity index (χ3n) is 2.69. The van der Waals surface area contributed by atoms with Gasteiger partial charge in [-0.25, -0.2) is 8.42 Å². The quantitative estimate of drug-likeness (QED) is 0.792. The SMILES string of the molecule is CCC(C)S(=O)(=O)CC(=O)Nc1cccc(N)c1. The van der Waals surface area contributed by atoms with Crippen LogP contribution >= 0.6 is 0 Å². The van der Waals surface area contributed by atoms with Crippen molar-refractivity contribution in [1.29, 1.82) is 0 Å². The number of rotatable bonds is 5. The first kappa shape index (κ1) is 14.5. The van der Waals surface area contributed by atoms with Crippen molar-refractivity contribution in [3.8, 4) is 0 Å². The molecule has 1 aromatic rings. The van der Waals surface area contributed by atoms with Gasteiger partial charge in [-0.2, -0.15) is 0 Å². The second-order valence-electron chi connectivity index (χ2n) is 4.20. The molecule has 6 heteroatoms. The van der Waals surface area contributed by atoms with Gasteiger partial charge in [-0.1, -0.05) is 13.0 Å². The number of carbonyl (C=O) groups is 1. The van der Waals surface area contributed by atoms with E-state index in [2.05, 4.69) is 5.32 Å². The zero-order chi connectivity index (χ0) is 13.8. The number of sulfone groups is 1. The largest absolute Gasteiger partial charge is 0.399 e. The lowest BCUT2D eigenvalue weighted by Gasteiger charge is -2.10. The topological polar surface area (TPSA) is 89.3 Å². The number of nitrogens with two attached hydrogens (primary N) is 1. The van der Waals surface area contributed by atoms with Gasteiger partial charge in [-0.3, -0.25) is 4.79 Å². The van der Waals surface area contributed by atoms with Crippen LogP contribution in [0.3, 0.4) is 0 Å². The second kappa shape index (κ2) is 5.86. The standard InChI is InChI=1S/C12H18N2O3S/c1-3-9(2)18(16,17)8-12(15)14-11-6-4-5-10(13)7-11/h4-7,9H,3,8,13H2,1-2H3,(H,14,15). The molecule has 1 unspecified atom stereocenters. The lowest BCUT2D eigenvalue weighted by molar-refractivity contribution is -0.113. The highest BCUT2D eigenvalue weighted by atomic mass is 32.2. The van der Waals surface area contributed by atoms with E-state index < -0.39 is 26.7 Å². The summed E-state index contributed by atoms with van der Waals surface area (Å²) in [4.78, 5) is 11.6. The fourth-order valence-corrected chi connectivity index (χ4v) is 2.62. The molecule has 1 atom stereocenters. The van der Waals surface area contributed by atoms with Crippen LogP contribution < -0.4 is 11.1 Å². The maximum Gasteiger partial charge on any atom is 0.239 e. The summed E-state index contributed by atoms with van der Waals surface area (Å²) in [7, 11) is -3.38. The smallest absolute Gasteiger partial charge is 0.239 e. The van der Waals surface area contributed by atoms with E-state index >= 15 is 0 Å². The molecule has 0 aliphatic rings. The number of carbonyl (C=O) groups excluding carboxylic acids is 1. The number of nitrogen functional groups attached to an aromatic ring is 1. The second-order valence-corrected chi connectivity index (χ2v) is 6.62. The van der Waals surface area contributed by atoms with Crippen molar-refractivity contribution < 1.29 is 13.2 Å². The molecule has 0 heterocycles. The van der Waals surface area contributed by atoms with E-state index in [1.807, 2.05) is 0 Å². The molecule has 0 fully saturated rings. The summed E-state index contributed by atoms with van der Waals surface area (Å²) in [5, 5.41) is 2.01. The lowest BCUT2D eigenvalue weighted by Crippen LogP contribution is -2.29. The van der Waals surface area contributed by atoms with Crippen molar-refractivity contribution >= 4 is 27.1 Å². The highest BCUT2D eigenvalue weighted by molar-refractivity contribution is 7.92. The summed E-state index contributed by atoms with van der Waals surface area (Å²) in [6.45, 7) is 3.38. The maximum absolute atomic E-state index is 11.7. The fourth-order valence-electron chi connectivity index (χ4n) is 1.39. The van der Waals surface area contributed by atoms with Crippen molar-refractivity contribution in [3.63, 3.8) is 0 Å². The molecule has 0 radical (unpaired) electrons. The Balaban J connectivity index is 2.68. The fraction of sp³-hybridized carbons (Fsp3) is 0.417. The first-order chi connectivity index (χ1) is 8.35. The highest BCUT2D eigenvalue weighted by Gasteiger charge is 2.22. The van der Waals surface area contributed by atoms with Crippen LogP contribution in [0.1, 0.15) is 20.3 Å². The molecule has 0 aromatic heterocycles. The summed E-state index contributed by atoms with van der Waals surface area (Å²) in [6.07, 6.45) is 0.494. The Hall–Kier alpha value is -1.56. The van der Waals surface area contributed by atoms with E-state index in [0.717, 1.165) is 0 Å². The van der Waals surface area contributed by atoms with Crippen molar-refractivity contribution in [2.75, 3.05) is 16.8 Å². The van der Waals surface area contributed by atoms with Crippen LogP contribution in [0, 0.1) is 0 Å². The Kier molecular flexibility index (Phi) is 4.72. The van der Waals surface area contributed by atoms with Crippen LogP contribution in [0.25, 0.3) is 0 Å². The number of benzene rings is 1. The van der Waals surface area contributed by atoms with Gasteiger partial charge in [0.25, 0.3) is 0 Å². The third kappa shape index (κ3) is 4.03. The molecule has 18 heavy (non-hydrogen) atoms. The van der Waals surface area contributed by atoms with Crippen molar-refractivity contribution in [1.82, 2.24) is 0 Å². The monoisotopic (exact) mass is 270 g/mol. The molecule has 1 aromatic carbocycles. The zero-order valence-electron chi connectivity index (χ0n) is 10.5. The number of hydrogen-bond donors (Lipinski definition) is 2. The van der Waals surface area contributed by atoms with E-state index in [4.69, 9.17) is 5.73 Å². The van der Waals surface area contributed by atoms with E-state index in [-0.39, 0.29) is 0 Å². The van der Waals surface area contributed by atoms with Crippen molar-refractivity contribution in [2.45, 2.75) is 25.5 Å². The number of amides is 1. The Morgan fingerprint density at radius 2 is 2.11 bits per heavy atom. The molecule has 0 aliphatic heterocycles. The molecule has 0 saturated carbocycles. The number of anilines is 2. The lowest BCUT2D eigenvalue weighted by atomic mass is 10.3. The van der Waals surface area contributed by atoms with Crippen LogP contribution in [0.4, 0.5) is 11.4 Å². The molecule has 5 nitrogen and oxygen atoms in total. The van der Waals surface area contributed by atoms with E-state index in [1.165, 1.54) is 0 Å². The summed E-state index contributed by atoms with van der Waals surface area (Å²) in [5.74, 6) is -1.04. The molecule has 100 valence electrons. The molecule has 1 amide bonds. The average molecular weight is 270 g/mol. The summed E-state index contributed by atoms with van der Waals surface area (Å²) in [5.41, 5.74) is 6.57. The first-order valence-corrected chi connectivity index (χ1v) is 7.43. The predicted octanol–water partition coefficient (Wildman–Crippen LogP) is 1.42. The van der Waals surface area contributed by atoms with Crippen LogP contribution in [-0.4, -0.2) is 25.3 Å². The molecular formula is C12H18N2O3S. The van der Waals surface area contributed by atoms with Gasteiger partial charge in [0.05, 0.1) is 5.25 Å². The Morgan fingerprint density at radius 1 is 1.44 bits per heavy atom. The molecule has 0 saturated heterocycles. The van der Waals surface area contributed by atoms with Crippen LogP contribution in [0.2, 0.25) is 0 Å². The Labute approximate surface area is 107 Å². The van der Waals surface area contributed by atoms with E-state index in [1.54, 1.807) is 38.1 Å². The van der Waals surface area contributed by atoms with Gasteiger partial charge in [0, 0.05) is 11.4 Å². The van der Waals surface area contributed by atoms with Crippen LogP contribution in [0.5, 0.6) is 0 Å². The van der Waals surface area contributed by atoms with Gasteiger partial charge in [-0.05, 0) is 31.5 Å². The maximum atomic E-state index is 11.7. The van der Waals surface area contributed by atoms with Gasteiger partial charge >= 0.3 is 0 Å². The zero-order valence-corrected chi connectivity index (χ0v) is 11.3. The van der Waals surface area contributed by atoms with E-state index in [0.29, 0.717) is 17.8 Å². The molecule has 1 rings (SSSR count). The van der Waals surface area contributed by atoms with Crippen molar-refractivity contribution in [2.24, 2.45) is 0 Å². The van der Waals surface area contributed by atoms with Crippen molar-refractivity contribution in [3.05, 3.63) is 24.3 Å². The van der Waals surface area contributed by atoms with Gasteiger partial charge in [0.1, 0.15) is 5.75 Å². The Morgan fingerprint density at radius 3 is 2.67 bits per heavy atom. The third-order valence-corrected chi connectivity index (χ3v) is 4.91. The minimum absolute atomic E-state index is 0.494. The molecule has 3 N–H and O–H groups in total.